The van der Waals surface area contributed by atoms with E-state index in [1.165, 1.54) is 16.5 Å². The molecule has 0 amide bonds. The fraction of sp³-hybridized carbons (Fsp3) is 0.158. The normalized spacial score (nSPS) is 11.2. The minimum atomic E-state index is 0.848. The van der Waals surface area contributed by atoms with Crippen molar-refractivity contribution in [2.75, 3.05) is 19.0 Å². The first kappa shape index (κ1) is 13.8. The Hall–Kier alpha value is -2.88. The molecule has 0 unspecified atom stereocenters. The van der Waals surface area contributed by atoms with Crippen molar-refractivity contribution < 1.29 is 0 Å². The Morgan fingerprint density at radius 2 is 1.65 bits per heavy atom. The number of hydrogen-bond donors (Lipinski definition) is 0. The molecule has 0 saturated heterocycles. The summed E-state index contributed by atoms with van der Waals surface area (Å²) in [6.07, 6.45) is 0.848. The van der Waals surface area contributed by atoms with E-state index in [1.807, 2.05) is 25.1 Å². The Morgan fingerprint density at radius 1 is 0.913 bits per heavy atom. The van der Waals surface area contributed by atoms with Gasteiger partial charge in [0.15, 0.2) is 5.65 Å². The molecular weight excluding hydrogens is 284 g/mol. The van der Waals surface area contributed by atoms with Crippen LogP contribution in [0.3, 0.4) is 0 Å². The Kier molecular flexibility index (Phi) is 3.23. The largest absolute Gasteiger partial charge is 0.347 e. The first-order chi connectivity index (χ1) is 11.2. The van der Waals surface area contributed by atoms with Crippen LogP contribution < -0.4 is 4.90 Å². The van der Waals surface area contributed by atoms with E-state index in [9.17, 15) is 0 Å². The number of benzene rings is 2. The standard InChI is InChI=1S/C19H18N4/c1-22(2)19-21-20-18-16(12-14-8-4-3-5-9-14)13-15-10-6-7-11-17(15)23(18)19/h3-11,13H,12H2,1-2H3. The summed E-state index contributed by atoms with van der Waals surface area (Å²) in [7, 11) is 3.99. The lowest BCUT2D eigenvalue weighted by Gasteiger charge is -2.13. The van der Waals surface area contributed by atoms with Gasteiger partial charge in [0.1, 0.15) is 0 Å². The molecule has 114 valence electrons. The van der Waals surface area contributed by atoms with Crippen LogP contribution in [0.25, 0.3) is 16.6 Å². The van der Waals surface area contributed by atoms with Gasteiger partial charge in [-0.05, 0) is 23.1 Å². The van der Waals surface area contributed by atoms with Gasteiger partial charge in [-0.15, -0.1) is 10.2 Å². The van der Waals surface area contributed by atoms with Crippen molar-refractivity contribution in [3.05, 3.63) is 71.8 Å². The molecule has 0 aliphatic carbocycles. The Labute approximate surface area is 135 Å². The average Bonchev–Trinajstić information content (AvgIpc) is 3.02. The SMILES string of the molecule is CN(C)c1nnc2c(Cc3ccccc3)cc3ccccc3n12. The van der Waals surface area contributed by atoms with Crippen LogP contribution in [0.1, 0.15) is 11.1 Å². The van der Waals surface area contributed by atoms with Crippen molar-refractivity contribution in [3.63, 3.8) is 0 Å². The zero-order valence-corrected chi connectivity index (χ0v) is 13.3. The van der Waals surface area contributed by atoms with Crippen LogP contribution in [0.15, 0.2) is 60.7 Å². The lowest BCUT2D eigenvalue weighted by molar-refractivity contribution is 0.983. The highest BCUT2D eigenvalue weighted by Gasteiger charge is 2.14. The lowest BCUT2D eigenvalue weighted by Crippen LogP contribution is -2.13. The predicted molar refractivity (Wildman–Crippen MR) is 94.1 cm³/mol. The van der Waals surface area contributed by atoms with Gasteiger partial charge in [-0.1, -0.05) is 48.5 Å². The molecule has 0 aliphatic rings. The molecule has 23 heavy (non-hydrogen) atoms. The van der Waals surface area contributed by atoms with Gasteiger partial charge in [0, 0.05) is 26.1 Å². The molecule has 0 radical (unpaired) electrons. The van der Waals surface area contributed by atoms with E-state index in [-0.39, 0.29) is 0 Å². The molecule has 0 bridgehead atoms. The number of para-hydroxylation sites is 1. The number of nitrogens with zero attached hydrogens (tertiary/aromatic N) is 4. The van der Waals surface area contributed by atoms with Gasteiger partial charge in [0.2, 0.25) is 5.95 Å². The van der Waals surface area contributed by atoms with Crippen molar-refractivity contribution in [2.24, 2.45) is 0 Å². The maximum Gasteiger partial charge on any atom is 0.231 e. The van der Waals surface area contributed by atoms with E-state index >= 15 is 0 Å². The summed E-state index contributed by atoms with van der Waals surface area (Å²) in [6, 6.07) is 21.1. The molecule has 2 heterocycles. The van der Waals surface area contributed by atoms with Crippen LogP contribution in [-0.4, -0.2) is 28.7 Å². The number of anilines is 1. The second-order valence-electron chi connectivity index (χ2n) is 5.94. The third-order valence-electron chi connectivity index (χ3n) is 4.08. The molecule has 4 heteroatoms. The van der Waals surface area contributed by atoms with Crippen LogP contribution in [0, 0.1) is 0 Å². The Bertz CT molecular complexity index is 971. The third kappa shape index (κ3) is 2.32. The molecule has 0 fully saturated rings. The fourth-order valence-electron chi connectivity index (χ4n) is 3.01. The van der Waals surface area contributed by atoms with E-state index in [4.69, 9.17) is 0 Å². The molecule has 0 N–H and O–H groups in total. The van der Waals surface area contributed by atoms with Gasteiger partial charge in [-0.3, -0.25) is 4.40 Å². The van der Waals surface area contributed by atoms with Gasteiger partial charge < -0.3 is 4.90 Å². The molecular formula is C19H18N4. The maximum absolute atomic E-state index is 4.46. The van der Waals surface area contributed by atoms with Crippen LogP contribution in [0.5, 0.6) is 0 Å². The van der Waals surface area contributed by atoms with Crippen LogP contribution in [-0.2, 0) is 6.42 Å². The van der Waals surface area contributed by atoms with Gasteiger partial charge >= 0.3 is 0 Å². The summed E-state index contributed by atoms with van der Waals surface area (Å²) < 4.78 is 2.15. The molecule has 0 spiro atoms. The van der Waals surface area contributed by atoms with E-state index in [0.29, 0.717) is 0 Å². The summed E-state index contributed by atoms with van der Waals surface area (Å²) in [6.45, 7) is 0. The van der Waals surface area contributed by atoms with Crippen molar-refractivity contribution in [1.82, 2.24) is 14.6 Å². The summed E-state index contributed by atoms with van der Waals surface area (Å²) in [4.78, 5) is 2.00. The fourth-order valence-corrected chi connectivity index (χ4v) is 3.01. The van der Waals surface area contributed by atoms with E-state index < -0.39 is 0 Å². The Morgan fingerprint density at radius 3 is 2.43 bits per heavy atom. The minimum Gasteiger partial charge on any atom is -0.347 e. The summed E-state index contributed by atoms with van der Waals surface area (Å²) in [5.41, 5.74) is 4.53. The maximum atomic E-state index is 4.46. The molecule has 0 saturated carbocycles. The monoisotopic (exact) mass is 302 g/mol. The first-order valence-corrected chi connectivity index (χ1v) is 7.71. The van der Waals surface area contributed by atoms with Crippen molar-refractivity contribution >= 4 is 22.5 Å². The van der Waals surface area contributed by atoms with E-state index in [2.05, 4.69) is 69.2 Å². The highest BCUT2D eigenvalue weighted by molar-refractivity contribution is 5.85. The van der Waals surface area contributed by atoms with Crippen molar-refractivity contribution in [1.29, 1.82) is 0 Å². The molecule has 2 aromatic carbocycles. The van der Waals surface area contributed by atoms with Crippen LogP contribution in [0.4, 0.5) is 5.95 Å². The zero-order chi connectivity index (χ0) is 15.8. The molecule has 4 aromatic rings. The lowest BCUT2D eigenvalue weighted by atomic mass is 10.0. The number of pyridine rings is 1. The average molecular weight is 302 g/mol. The predicted octanol–water partition coefficient (Wildman–Crippen LogP) is 3.54. The van der Waals surface area contributed by atoms with Crippen molar-refractivity contribution in [3.8, 4) is 0 Å². The Balaban J connectivity index is 2.00. The van der Waals surface area contributed by atoms with E-state index in [0.717, 1.165) is 23.5 Å². The molecule has 2 aromatic heterocycles. The summed E-state index contributed by atoms with van der Waals surface area (Å²) in [5.74, 6) is 0.853. The van der Waals surface area contributed by atoms with Crippen LogP contribution in [0.2, 0.25) is 0 Å². The van der Waals surface area contributed by atoms with Gasteiger partial charge in [-0.25, -0.2) is 0 Å². The van der Waals surface area contributed by atoms with Gasteiger partial charge in [0.25, 0.3) is 0 Å². The molecule has 4 rings (SSSR count). The van der Waals surface area contributed by atoms with Gasteiger partial charge in [0.05, 0.1) is 5.52 Å². The second-order valence-corrected chi connectivity index (χ2v) is 5.94. The smallest absolute Gasteiger partial charge is 0.231 e. The molecule has 0 atom stereocenters. The quantitative estimate of drug-likeness (QED) is 0.580. The zero-order valence-electron chi connectivity index (χ0n) is 13.3. The summed E-state index contributed by atoms with van der Waals surface area (Å²) in [5, 5.41) is 10.0. The minimum absolute atomic E-state index is 0.848. The van der Waals surface area contributed by atoms with Crippen molar-refractivity contribution in [2.45, 2.75) is 6.42 Å². The highest BCUT2D eigenvalue weighted by Crippen LogP contribution is 2.25. The number of rotatable bonds is 3. The third-order valence-corrected chi connectivity index (χ3v) is 4.08. The number of hydrogen-bond acceptors (Lipinski definition) is 3. The number of aromatic nitrogens is 3. The number of fused-ring (bicyclic) bond motifs is 3. The second kappa shape index (κ2) is 5.39. The first-order valence-electron chi connectivity index (χ1n) is 7.71. The molecule has 0 aliphatic heterocycles. The van der Waals surface area contributed by atoms with Gasteiger partial charge in [-0.2, -0.15) is 0 Å². The highest BCUT2D eigenvalue weighted by atomic mass is 15.4. The van der Waals surface area contributed by atoms with Crippen LogP contribution >= 0.6 is 0 Å². The van der Waals surface area contributed by atoms with E-state index in [1.54, 1.807) is 0 Å². The molecule has 4 nitrogen and oxygen atoms in total. The topological polar surface area (TPSA) is 33.4 Å². The summed E-state index contributed by atoms with van der Waals surface area (Å²) >= 11 is 0.